The number of aliphatic imine (C=N–C) groups is 1. The van der Waals surface area contributed by atoms with Crippen molar-refractivity contribution in [1.82, 2.24) is 20.9 Å². The Morgan fingerprint density at radius 2 is 1.86 bits per heavy atom. The number of halogens is 2. The van der Waals surface area contributed by atoms with E-state index in [1.54, 1.807) is 26.2 Å². The van der Waals surface area contributed by atoms with Crippen LogP contribution in [0.25, 0.3) is 0 Å². The Labute approximate surface area is 188 Å². The Kier molecular flexibility index (Phi) is 11.6. The van der Waals surface area contributed by atoms with Crippen molar-refractivity contribution in [3.8, 4) is 0 Å². The first-order valence-corrected chi connectivity index (χ1v) is 9.69. The standard InChI is InChI=1S/C20H30FN5O2.HI/c1-22-18(27)13-15-6-10-26(11-7-15)20(23-2)25-9-8-24-19(28)14-16-4-3-5-17(21)12-16;/h3-5,12,15H,6-11,13-14H2,1-2H3,(H,22,27)(H,23,25)(H,24,28);1H. The first kappa shape index (κ1) is 25.1. The van der Waals surface area contributed by atoms with Gasteiger partial charge in [-0.3, -0.25) is 14.6 Å². The van der Waals surface area contributed by atoms with Gasteiger partial charge in [-0.05, 0) is 36.5 Å². The lowest BCUT2D eigenvalue weighted by atomic mass is 9.93. The van der Waals surface area contributed by atoms with Crippen LogP contribution in [-0.4, -0.2) is 62.9 Å². The molecular weight excluding hydrogens is 488 g/mol. The van der Waals surface area contributed by atoms with Gasteiger partial charge in [-0.15, -0.1) is 24.0 Å². The first-order chi connectivity index (χ1) is 13.5. The van der Waals surface area contributed by atoms with Crippen molar-refractivity contribution in [2.45, 2.75) is 25.7 Å². The Hall–Kier alpha value is -1.91. The second-order valence-electron chi connectivity index (χ2n) is 6.94. The highest BCUT2D eigenvalue weighted by Crippen LogP contribution is 2.20. The molecule has 1 aliphatic heterocycles. The molecule has 2 rings (SSSR count). The highest BCUT2D eigenvalue weighted by molar-refractivity contribution is 14.0. The van der Waals surface area contributed by atoms with Gasteiger partial charge in [0.25, 0.3) is 0 Å². The third-order valence-electron chi connectivity index (χ3n) is 4.86. The number of hydrogen-bond acceptors (Lipinski definition) is 3. The lowest BCUT2D eigenvalue weighted by Gasteiger charge is -2.34. The molecule has 0 saturated carbocycles. The van der Waals surface area contributed by atoms with E-state index in [2.05, 4.69) is 25.8 Å². The van der Waals surface area contributed by atoms with E-state index in [0.717, 1.165) is 31.9 Å². The molecule has 1 saturated heterocycles. The molecule has 3 N–H and O–H groups in total. The van der Waals surface area contributed by atoms with E-state index in [4.69, 9.17) is 0 Å². The number of piperidine rings is 1. The van der Waals surface area contributed by atoms with E-state index in [9.17, 15) is 14.0 Å². The fourth-order valence-electron chi connectivity index (χ4n) is 3.32. The summed E-state index contributed by atoms with van der Waals surface area (Å²) < 4.78 is 13.2. The average Bonchev–Trinajstić information content (AvgIpc) is 2.69. The number of carbonyl (C=O) groups excluding carboxylic acids is 2. The highest BCUT2D eigenvalue weighted by Gasteiger charge is 2.22. The van der Waals surface area contributed by atoms with Crippen molar-refractivity contribution in [3.63, 3.8) is 0 Å². The maximum atomic E-state index is 13.2. The molecule has 0 spiro atoms. The van der Waals surface area contributed by atoms with Gasteiger partial charge in [0.15, 0.2) is 5.96 Å². The average molecular weight is 519 g/mol. The van der Waals surface area contributed by atoms with Crippen LogP contribution in [0, 0.1) is 11.7 Å². The SMILES string of the molecule is CN=C(NCCNC(=O)Cc1cccc(F)c1)N1CCC(CC(=O)NC)CC1.I. The van der Waals surface area contributed by atoms with Crippen LogP contribution >= 0.6 is 24.0 Å². The molecule has 7 nitrogen and oxygen atoms in total. The Morgan fingerprint density at radius 1 is 1.17 bits per heavy atom. The molecule has 0 radical (unpaired) electrons. The van der Waals surface area contributed by atoms with Gasteiger partial charge in [0.05, 0.1) is 6.42 Å². The topological polar surface area (TPSA) is 85.8 Å². The predicted octanol–water partition coefficient (Wildman–Crippen LogP) is 1.53. The summed E-state index contributed by atoms with van der Waals surface area (Å²) in [5.74, 6) is 0.830. The Bertz CT molecular complexity index is 693. The minimum Gasteiger partial charge on any atom is -0.359 e. The van der Waals surface area contributed by atoms with E-state index >= 15 is 0 Å². The monoisotopic (exact) mass is 519 g/mol. The number of benzene rings is 1. The molecule has 1 aromatic rings. The quantitative estimate of drug-likeness (QED) is 0.221. The van der Waals surface area contributed by atoms with Crippen molar-refractivity contribution in [3.05, 3.63) is 35.6 Å². The van der Waals surface area contributed by atoms with E-state index in [-0.39, 0.29) is 48.0 Å². The molecule has 1 heterocycles. The summed E-state index contributed by atoms with van der Waals surface area (Å²) in [6, 6.07) is 6.06. The lowest BCUT2D eigenvalue weighted by molar-refractivity contribution is -0.122. The normalized spacial score (nSPS) is 14.7. The summed E-state index contributed by atoms with van der Waals surface area (Å²) in [6.07, 6.45) is 2.65. The van der Waals surface area contributed by atoms with Crippen LogP contribution in [0.5, 0.6) is 0 Å². The number of amides is 2. The van der Waals surface area contributed by atoms with Crippen LogP contribution in [-0.2, 0) is 16.0 Å². The molecule has 0 aliphatic carbocycles. The summed E-state index contributed by atoms with van der Waals surface area (Å²) in [5.41, 5.74) is 0.654. The largest absolute Gasteiger partial charge is 0.359 e. The second kappa shape index (κ2) is 13.3. The molecule has 1 aromatic carbocycles. The lowest BCUT2D eigenvalue weighted by Crippen LogP contribution is -2.47. The zero-order valence-corrected chi connectivity index (χ0v) is 19.4. The number of likely N-dealkylation sites (tertiary alicyclic amines) is 1. The number of rotatable bonds is 7. The van der Waals surface area contributed by atoms with Crippen molar-refractivity contribution in [2.24, 2.45) is 10.9 Å². The van der Waals surface area contributed by atoms with E-state index in [1.165, 1.54) is 12.1 Å². The predicted molar refractivity (Wildman–Crippen MR) is 123 cm³/mol. The van der Waals surface area contributed by atoms with Gasteiger partial charge < -0.3 is 20.9 Å². The van der Waals surface area contributed by atoms with Gasteiger partial charge >= 0.3 is 0 Å². The molecule has 0 aromatic heterocycles. The summed E-state index contributed by atoms with van der Waals surface area (Å²) in [6.45, 7) is 2.72. The van der Waals surface area contributed by atoms with Crippen molar-refractivity contribution < 1.29 is 14.0 Å². The maximum absolute atomic E-state index is 13.2. The van der Waals surface area contributed by atoms with Crippen LogP contribution in [0.15, 0.2) is 29.3 Å². The van der Waals surface area contributed by atoms with Crippen molar-refractivity contribution in [1.29, 1.82) is 0 Å². The first-order valence-electron chi connectivity index (χ1n) is 9.69. The molecule has 0 atom stereocenters. The van der Waals surface area contributed by atoms with Gasteiger partial charge in [0.2, 0.25) is 11.8 Å². The zero-order valence-electron chi connectivity index (χ0n) is 17.0. The van der Waals surface area contributed by atoms with E-state index in [0.29, 0.717) is 31.0 Å². The molecule has 1 fully saturated rings. The molecule has 1 aliphatic rings. The van der Waals surface area contributed by atoms with Crippen LogP contribution in [0.3, 0.4) is 0 Å². The molecule has 29 heavy (non-hydrogen) atoms. The molecule has 0 bridgehead atoms. The fourth-order valence-corrected chi connectivity index (χ4v) is 3.32. The molecular formula is C20H31FIN5O2. The minimum atomic E-state index is -0.338. The van der Waals surface area contributed by atoms with Gasteiger partial charge in [-0.1, -0.05) is 12.1 Å². The van der Waals surface area contributed by atoms with Crippen molar-refractivity contribution >= 4 is 41.8 Å². The maximum Gasteiger partial charge on any atom is 0.224 e. The van der Waals surface area contributed by atoms with Gasteiger partial charge in [0.1, 0.15) is 5.82 Å². The number of carbonyl (C=O) groups is 2. The van der Waals surface area contributed by atoms with Crippen molar-refractivity contribution in [2.75, 3.05) is 40.3 Å². The van der Waals surface area contributed by atoms with Crippen LogP contribution in [0.4, 0.5) is 4.39 Å². The smallest absolute Gasteiger partial charge is 0.224 e. The molecule has 9 heteroatoms. The third kappa shape index (κ3) is 8.97. The van der Waals surface area contributed by atoms with E-state index < -0.39 is 0 Å². The highest BCUT2D eigenvalue weighted by atomic mass is 127. The summed E-state index contributed by atoms with van der Waals surface area (Å²) >= 11 is 0. The van der Waals surface area contributed by atoms with Crippen LogP contribution in [0.1, 0.15) is 24.8 Å². The van der Waals surface area contributed by atoms with Gasteiger partial charge in [-0.25, -0.2) is 4.39 Å². The Balaban J connectivity index is 0.00000420. The fraction of sp³-hybridized carbons (Fsp3) is 0.550. The van der Waals surface area contributed by atoms with E-state index in [1.807, 2.05) is 0 Å². The number of nitrogens with zero attached hydrogens (tertiary/aromatic N) is 2. The van der Waals surface area contributed by atoms with Crippen LogP contribution < -0.4 is 16.0 Å². The number of guanidine groups is 1. The second-order valence-corrected chi connectivity index (χ2v) is 6.94. The third-order valence-corrected chi connectivity index (χ3v) is 4.86. The van der Waals surface area contributed by atoms with Gasteiger partial charge in [0, 0.05) is 46.7 Å². The molecule has 162 valence electrons. The minimum absolute atomic E-state index is 0. The molecule has 0 unspecified atom stereocenters. The summed E-state index contributed by atoms with van der Waals surface area (Å²) in [5, 5.41) is 8.76. The zero-order chi connectivity index (χ0) is 20.4. The summed E-state index contributed by atoms with van der Waals surface area (Å²) in [7, 11) is 3.40. The summed E-state index contributed by atoms with van der Waals surface area (Å²) in [4.78, 5) is 29.9. The molecule has 2 amide bonds. The van der Waals surface area contributed by atoms with Gasteiger partial charge in [-0.2, -0.15) is 0 Å². The number of nitrogens with one attached hydrogen (secondary N) is 3. The number of hydrogen-bond donors (Lipinski definition) is 3. The Morgan fingerprint density at radius 3 is 2.48 bits per heavy atom. The van der Waals surface area contributed by atoms with Crippen LogP contribution in [0.2, 0.25) is 0 Å².